The van der Waals surface area contributed by atoms with Crippen LogP contribution in [-0.4, -0.2) is 19.0 Å². The van der Waals surface area contributed by atoms with E-state index in [9.17, 15) is 4.79 Å². The molecule has 2 heterocycles. The van der Waals surface area contributed by atoms with E-state index in [1.54, 1.807) is 6.07 Å². The van der Waals surface area contributed by atoms with E-state index in [2.05, 4.69) is 10.2 Å². The van der Waals surface area contributed by atoms with Crippen molar-refractivity contribution in [3.05, 3.63) is 45.6 Å². The molecule has 20 heavy (non-hydrogen) atoms. The fourth-order valence-electron chi connectivity index (χ4n) is 2.37. The van der Waals surface area contributed by atoms with E-state index in [1.807, 2.05) is 29.6 Å². The van der Waals surface area contributed by atoms with Crippen molar-refractivity contribution in [2.75, 3.05) is 23.3 Å². The molecular weight excluding hydrogens is 292 g/mol. The molecule has 104 valence electrons. The SMILES string of the molecule is O=C(Nc1cc(N2CCCC2)ccc1Cl)c1cccs1. The maximum absolute atomic E-state index is 12.1. The standard InChI is InChI=1S/C15H15ClN2OS/c16-12-6-5-11(18-7-1-2-8-18)10-13(12)17-15(19)14-4-3-9-20-14/h3-6,9-10H,1-2,7-8H2,(H,17,19). The average molecular weight is 307 g/mol. The molecule has 0 radical (unpaired) electrons. The van der Waals surface area contributed by atoms with Gasteiger partial charge in [-0.3, -0.25) is 4.79 Å². The van der Waals surface area contributed by atoms with Gasteiger partial charge in [-0.1, -0.05) is 17.7 Å². The molecule has 1 amide bonds. The molecule has 0 unspecified atom stereocenters. The van der Waals surface area contributed by atoms with Crippen molar-refractivity contribution in [1.29, 1.82) is 0 Å². The minimum Gasteiger partial charge on any atom is -0.371 e. The number of rotatable bonds is 3. The van der Waals surface area contributed by atoms with E-state index >= 15 is 0 Å². The van der Waals surface area contributed by atoms with E-state index in [1.165, 1.54) is 24.2 Å². The second-order valence-corrected chi connectivity index (χ2v) is 6.14. The first-order chi connectivity index (χ1) is 9.74. The molecule has 3 nitrogen and oxygen atoms in total. The second-order valence-electron chi connectivity index (χ2n) is 4.79. The predicted molar refractivity (Wildman–Crippen MR) is 85.2 cm³/mol. The molecule has 2 aromatic rings. The van der Waals surface area contributed by atoms with Crippen LogP contribution in [0.2, 0.25) is 5.02 Å². The summed E-state index contributed by atoms with van der Waals surface area (Å²) in [6.45, 7) is 2.14. The van der Waals surface area contributed by atoms with Gasteiger partial charge in [-0.2, -0.15) is 0 Å². The minimum absolute atomic E-state index is 0.111. The Hall–Kier alpha value is -1.52. The molecule has 1 N–H and O–H groups in total. The van der Waals surface area contributed by atoms with Crippen LogP contribution in [0.3, 0.4) is 0 Å². The molecular formula is C15H15ClN2OS. The molecule has 1 aromatic heterocycles. The van der Waals surface area contributed by atoms with Gasteiger partial charge in [-0.15, -0.1) is 11.3 Å². The lowest BCUT2D eigenvalue weighted by atomic mass is 10.2. The summed E-state index contributed by atoms with van der Waals surface area (Å²) >= 11 is 7.60. The van der Waals surface area contributed by atoms with Crippen LogP contribution in [0.5, 0.6) is 0 Å². The van der Waals surface area contributed by atoms with Crippen molar-refractivity contribution in [3.8, 4) is 0 Å². The Bertz CT molecular complexity index is 606. The van der Waals surface area contributed by atoms with E-state index in [0.717, 1.165) is 18.8 Å². The van der Waals surface area contributed by atoms with E-state index in [4.69, 9.17) is 11.6 Å². The van der Waals surface area contributed by atoms with Crippen LogP contribution in [0.1, 0.15) is 22.5 Å². The summed E-state index contributed by atoms with van der Waals surface area (Å²) in [5, 5.41) is 5.34. The number of amides is 1. The molecule has 1 aliphatic heterocycles. The molecule has 1 saturated heterocycles. The number of carbonyl (C=O) groups is 1. The smallest absolute Gasteiger partial charge is 0.265 e. The number of benzene rings is 1. The van der Waals surface area contributed by atoms with Crippen LogP contribution < -0.4 is 10.2 Å². The highest BCUT2D eigenvalue weighted by atomic mass is 35.5. The van der Waals surface area contributed by atoms with E-state index in [-0.39, 0.29) is 5.91 Å². The highest BCUT2D eigenvalue weighted by Gasteiger charge is 2.15. The van der Waals surface area contributed by atoms with Crippen molar-refractivity contribution in [3.63, 3.8) is 0 Å². The van der Waals surface area contributed by atoms with Crippen LogP contribution in [0, 0.1) is 0 Å². The van der Waals surface area contributed by atoms with E-state index < -0.39 is 0 Å². The van der Waals surface area contributed by atoms with Crippen molar-refractivity contribution >= 4 is 40.2 Å². The molecule has 0 spiro atoms. The lowest BCUT2D eigenvalue weighted by Crippen LogP contribution is -2.18. The lowest BCUT2D eigenvalue weighted by molar-refractivity contribution is 0.103. The molecule has 0 atom stereocenters. The Morgan fingerprint density at radius 3 is 2.75 bits per heavy atom. The summed E-state index contributed by atoms with van der Waals surface area (Å²) in [6.07, 6.45) is 2.44. The molecule has 1 aliphatic rings. The first-order valence-electron chi connectivity index (χ1n) is 6.63. The van der Waals surface area contributed by atoms with Gasteiger partial charge in [0.2, 0.25) is 0 Å². The molecule has 0 aliphatic carbocycles. The fourth-order valence-corrected chi connectivity index (χ4v) is 3.16. The number of anilines is 2. The van der Waals surface area contributed by atoms with Gasteiger partial charge in [0.05, 0.1) is 15.6 Å². The van der Waals surface area contributed by atoms with Gasteiger partial charge in [0.1, 0.15) is 0 Å². The van der Waals surface area contributed by atoms with Crippen molar-refractivity contribution in [2.45, 2.75) is 12.8 Å². The highest BCUT2D eigenvalue weighted by molar-refractivity contribution is 7.12. The van der Waals surface area contributed by atoms with Crippen molar-refractivity contribution < 1.29 is 4.79 Å². The molecule has 1 fully saturated rings. The van der Waals surface area contributed by atoms with Crippen LogP contribution in [0.25, 0.3) is 0 Å². The maximum atomic E-state index is 12.1. The Morgan fingerprint density at radius 1 is 1.25 bits per heavy atom. The molecule has 0 saturated carbocycles. The van der Waals surface area contributed by atoms with Gasteiger partial charge in [-0.25, -0.2) is 0 Å². The number of hydrogen-bond donors (Lipinski definition) is 1. The Balaban J connectivity index is 1.81. The van der Waals surface area contributed by atoms with Gasteiger partial charge in [0.25, 0.3) is 5.91 Å². The molecule has 5 heteroatoms. The zero-order valence-corrected chi connectivity index (χ0v) is 12.5. The third-order valence-corrected chi connectivity index (χ3v) is 4.61. The van der Waals surface area contributed by atoms with Crippen LogP contribution in [0.4, 0.5) is 11.4 Å². The summed E-state index contributed by atoms with van der Waals surface area (Å²) < 4.78 is 0. The van der Waals surface area contributed by atoms with Crippen LogP contribution >= 0.6 is 22.9 Å². The number of carbonyl (C=O) groups excluding carboxylic acids is 1. The quantitative estimate of drug-likeness (QED) is 0.919. The Labute approximate surface area is 127 Å². The van der Waals surface area contributed by atoms with Crippen LogP contribution in [-0.2, 0) is 0 Å². The van der Waals surface area contributed by atoms with Gasteiger partial charge in [0, 0.05) is 18.8 Å². The first-order valence-corrected chi connectivity index (χ1v) is 7.89. The summed E-state index contributed by atoms with van der Waals surface area (Å²) in [7, 11) is 0. The number of nitrogens with one attached hydrogen (secondary N) is 1. The van der Waals surface area contributed by atoms with Gasteiger partial charge in [0.15, 0.2) is 0 Å². The number of nitrogens with zero attached hydrogens (tertiary/aromatic N) is 1. The summed E-state index contributed by atoms with van der Waals surface area (Å²) in [6, 6.07) is 9.48. The van der Waals surface area contributed by atoms with Gasteiger partial charge < -0.3 is 10.2 Å². The number of halogens is 1. The highest BCUT2D eigenvalue weighted by Crippen LogP contribution is 2.30. The number of hydrogen-bond acceptors (Lipinski definition) is 3. The Kier molecular flexibility index (Phi) is 3.94. The second kappa shape index (κ2) is 5.85. The maximum Gasteiger partial charge on any atom is 0.265 e. The lowest BCUT2D eigenvalue weighted by Gasteiger charge is -2.19. The Morgan fingerprint density at radius 2 is 2.05 bits per heavy atom. The zero-order chi connectivity index (χ0) is 13.9. The molecule has 1 aromatic carbocycles. The topological polar surface area (TPSA) is 32.3 Å². The first kappa shape index (κ1) is 13.5. The normalized spacial score (nSPS) is 14.6. The fraction of sp³-hybridized carbons (Fsp3) is 0.267. The predicted octanol–water partition coefficient (Wildman–Crippen LogP) is 4.25. The molecule has 3 rings (SSSR count). The van der Waals surface area contributed by atoms with Crippen molar-refractivity contribution in [1.82, 2.24) is 0 Å². The van der Waals surface area contributed by atoms with Crippen LogP contribution in [0.15, 0.2) is 35.7 Å². The third-order valence-electron chi connectivity index (χ3n) is 3.41. The summed E-state index contributed by atoms with van der Waals surface area (Å²) in [5.74, 6) is -0.111. The summed E-state index contributed by atoms with van der Waals surface area (Å²) in [4.78, 5) is 15.1. The number of thiophene rings is 1. The van der Waals surface area contributed by atoms with Crippen molar-refractivity contribution in [2.24, 2.45) is 0 Å². The summed E-state index contributed by atoms with van der Waals surface area (Å²) in [5.41, 5.74) is 1.79. The van der Waals surface area contributed by atoms with E-state index in [0.29, 0.717) is 15.6 Å². The minimum atomic E-state index is -0.111. The third kappa shape index (κ3) is 2.81. The monoisotopic (exact) mass is 306 g/mol. The molecule has 0 bridgehead atoms. The average Bonchev–Trinajstić information content (AvgIpc) is 3.14. The van der Waals surface area contributed by atoms with Gasteiger partial charge in [-0.05, 0) is 42.5 Å². The van der Waals surface area contributed by atoms with Gasteiger partial charge >= 0.3 is 0 Å². The largest absolute Gasteiger partial charge is 0.371 e. The zero-order valence-electron chi connectivity index (χ0n) is 10.9.